The number of hydrogen-bond donors (Lipinski definition) is 1. The van der Waals surface area contributed by atoms with Gasteiger partial charge in [-0.3, -0.25) is 0 Å². The normalized spacial score (nSPS) is 11.1. The number of rotatable bonds is 4. The third-order valence-electron chi connectivity index (χ3n) is 3.06. The van der Waals surface area contributed by atoms with Crippen molar-refractivity contribution in [3.8, 4) is 11.3 Å². The molecule has 106 valence electrons. The van der Waals surface area contributed by atoms with E-state index in [1.807, 2.05) is 4.57 Å². The van der Waals surface area contributed by atoms with E-state index in [0.29, 0.717) is 33.7 Å². The number of anilines is 1. The molecule has 20 heavy (non-hydrogen) atoms. The largest absolute Gasteiger partial charge is 0.383 e. The second kappa shape index (κ2) is 5.90. The third kappa shape index (κ3) is 2.56. The van der Waals surface area contributed by atoms with Crippen LogP contribution in [0.5, 0.6) is 0 Å². The second-order valence-corrected chi connectivity index (χ2v) is 5.67. The van der Waals surface area contributed by atoms with E-state index < -0.39 is 0 Å². The minimum absolute atomic E-state index is 0.243. The summed E-state index contributed by atoms with van der Waals surface area (Å²) in [5.41, 5.74) is 7.54. The zero-order chi connectivity index (χ0) is 14.9. The number of imidazole rings is 1. The molecule has 1 aromatic heterocycles. The van der Waals surface area contributed by atoms with Crippen LogP contribution in [0.2, 0.25) is 10.0 Å². The molecule has 0 bridgehead atoms. The fraction of sp³-hybridized carbons (Fsp3) is 0.267. The monoisotopic (exact) mass is 309 g/mol. The Kier molecular flexibility index (Phi) is 4.41. The lowest BCUT2D eigenvalue weighted by Crippen LogP contribution is -2.07. The zero-order valence-electron chi connectivity index (χ0n) is 11.5. The molecule has 0 amide bonds. The maximum Gasteiger partial charge on any atom is 0.132 e. The van der Waals surface area contributed by atoms with Crippen molar-refractivity contribution in [1.82, 2.24) is 9.55 Å². The van der Waals surface area contributed by atoms with Gasteiger partial charge in [0.1, 0.15) is 17.3 Å². The van der Waals surface area contributed by atoms with E-state index >= 15 is 0 Å². The molecule has 0 saturated carbocycles. The topological polar surface area (TPSA) is 43.8 Å². The van der Waals surface area contributed by atoms with Crippen molar-refractivity contribution in [3.05, 3.63) is 46.7 Å². The first-order chi connectivity index (χ1) is 9.47. The standard InChI is InChI=1S/C15H17Cl2N3/c1-4-8-20-14(18)13(19-15(20)9(2)3)12-10(16)6-5-7-11(12)17/h4-7,9H,1,8,18H2,2-3H3. The molecular formula is C15H17Cl2N3. The van der Waals surface area contributed by atoms with Crippen LogP contribution in [0.15, 0.2) is 30.9 Å². The number of aromatic nitrogens is 2. The average molecular weight is 310 g/mol. The summed E-state index contributed by atoms with van der Waals surface area (Å²) in [6.45, 7) is 8.50. The van der Waals surface area contributed by atoms with Gasteiger partial charge in [0.25, 0.3) is 0 Å². The third-order valence-corrected chi connectivity index (χ3v) is 3.69. The SMILES string of the molecule is C=CCn1c(C(C)C)nc(-c2c(Cl)cccc2Cl)c1N. The predicted octanol–water partition coefficient (Wildman–Crippen LogP) is 4.75. The van der Waals surface area contributed by atoms with E-state index in [0.717, 1.165) is 5.82 Å². The van der Waals surface area contributed by atoms with Crippen LogP contribution in [0.4, 0.5) is 5.82 Å². The van der Waals surface area contributed by atoms with E-state index in [1.54, 1.807) is 24.3 Å². The highest BCUT2D eigenvalue weighted by Crippen LogP contribution is 2.38. The summed E-state index contributed by atoms with van der Waals surface area (Å²) < 4.78 is 1.94. The van der Waals surface area contributed by atoms with Gasteiger partial charge in [0, 0.05) is 18.0 Å². The molecule has 0 saturated heterocycles. The van der Waals surface area contributed by atoms with Crippen molar-refractivity contribution in [2.24, 2.45) is 0 Å². The lowest BCUT2D eigenvalue weighted by Gasteiger charge is -2.09. The minimum Gasteiger partial charge on any atom is -0.383 e. The number of nitrogens with zero attached hydrogens (tertiary/aromatic N) is 2. The lowest BCUT2D eigenvalue weighted by molar-refractivity contribution is 0.684. The summed E-state index contributed by atoms with van der Waals surface area (Å²) in [4.78, 5) is 4.64. The Morgan fingerprint density at radius 1 is 1.35 bits per heavy atom. The van der Waals surface area contributed by atoms with Crippen LogP contribution in [0.25, 0.3) is 11.3 Å². The van der Waals surface area contributed by atoms with E-state index in [-0.39, 0.29) is 5.92 Å². The smallest absolute Gasteiger partial charge is 0.132 e. The molecule has 0 aliphatic carbocycles. The van der Waals surface area contributed by atoms with Crippen LogP contribution in [0.1, 0.15) is 25.6 Å². The highest BCUT2D eigenvalue weighted by molar-refractivity contribution is 6.39. The lowest BCUT2D eigenvalue weighted by atomic mass is 10.1. The maximum absolute atomic E-state index is 6.24. The molecule has 3 nitrogen and oxygen atoms in total. The first-order valence-electron chi connectivity index (χ1n) is 6.38. The van der Waals surface area contributed by atoms with Crippen molar-refractivity contribution in [2.75, 3.05) is 5.73 Å². The van der Waals surface area contributed by atoms with Gasteiger partial charge >= 0.3 is 0 Å². The Morgan fingerprint density at radius 2 is 1.95 bits per heavy atom. The summed E-state index contributed by atoms with van der Waals surface area (Å²) in [6.07, 6.45) is 1.79. The number of benzene rings is 1. The quantitative estimate of drug-likeness (QED) is 0.828. The van der Waals surface area contributed by atoms with Crippen LogP contribution in [-0.4, -0.2) is 9.55 Å². The van der Waals surface area contributed by atoms with Crippen LogP contribution in [0.3, 0.4) is 0 Å². The molecule has 0 aliphatic heterocycles. The number of hydrogen-bond acceptors (Lipinski definition) is 2. The molecule has 0 radical (unpaired) electrons. The molecular weight excluding hydrogens is 293 g/mol. The van der Waals surface area contributed by atoms with Crippen LogP contribution < -0.4 is 5.73 Å². The first kappa shape index (κ1) is 14.9. The van der Waals surface area contributed by atoms with Gasteiger partial charge in [0.15, 0.2) is 0 Å². The van der Waals surface area contributed by atoms with E-state index in [4.69, 9.17) is 28.9 Å². The first-order valence-corrected chi connectivity index (χ1v) is 7.14. The fourth-order valence-electron chi connectivity index (χ4n) is 2.15. The Bertz CT molecular complexity index is 625. The van der Waals surface area contributed by atoms with Crippen molar-refractivity contribution < 1.29 is 0 Å². The molecule has 0 atom stereocenters. The zero-order valence-corrected chi connectivity index (χ0v) is 13.0. The number of nitrogens with two attached hydrogens (primary N) is 1. The highest BCUT2D eigenvalue weighted by Gasteiger charge is 2.21. The Labute approximate surface area is 129 Å². The summed E-state index contributed by atoms with van der Waals surface area (Å²) >= 11 is 12.5. The number of halogens is 2. The molecule has 1 aromatic carbocycles. The molecule has 2 rings (SSSR count). The molecule has 1 heterocycles. The van der Waals surface area contributed by atoms with Crippen LogP contribution in [-0.2, 0) is 6.54 Å². The van der Waals surface area contributed by atoms with Gasteiger partial charge in [-0.15, -0.1) is 6.58 Å². The van der Waals surface area contributed by atoms with E-state index in [2.05, 4.69) is 25.4 Å². The second-order valence-electron chi connectivity index (χ2n) is 4.85. The number of nitrogen functional groups attached to an aromatic ring is 1. The molecule has 0 spiro atoms. The van der Waals surface area contributed by atoms with Gasteiger partial charge in [-0.1, -0.05) is 49.2 Å². The number of allylic oxidation sites excluding steroid dienone is 1. The predicted molar refractivity (Wildman–Crippen MR) is 86.4 cm³/mol. The van der Waals surface area contributed by atoms with Gasteiger partial charge in [-0.25, -0.2) is 4.98 Å². The van der Waals surface area contributed by atoms with E-state index in [9.17, 15) is 0 Å². The Balaban J connectivity index is 2.69. The van der Waals surface area contributed by atoms with Gasteiger partial charge in [0.05, 0.1) is 10.0 Å². The summed E-state index contributed by atoms with van der Waals surface area (Å²) in [5, 5.41) is 1.09. The average Bonchev–Trinajstić information content (AvgIpc) is 2.69. The summed E-state index contributed by atoms with van der Waals surface area (Å²) in [7, 11) is 0. The van der Waals surface area contributed by atoms with Gasteiger partial charge < -0.3 is 10.3 Å². The molecule has 0 aliphatic rings. The molecule has 0 fully saturated rings. The Hall–Kier alpha value is -1.45. The summed E-state index contributed by atoms with van der Waals surface area (Å²) in [5.74, 6) is 1.70. The van der Waals surface area contributed by atoms with Crippen LogP contribution in [0, 0.1) is 0 Å². The highest BCUT2D eigenvalue weighted by atomic mass is 35.5. The van der Waals surface area contributed by atoms with Crippen molar-refractivity contribution in [3.63, 3.8) is 0 Å². The van der Waals surface area contributed by atoms with Gasteiger partial charge in [-0.05, 0) is 12.1 Å². The van der Waals surface area contributed by atoms with Gasteiger partial charge in [-0.2, -0.15) is 0 Å². The summed E-state index contributed by atoms with van der Waals surface area (Å²) in [6, 6.07) is 5.36. The van der Waals surface area contributed by atoms with Crippen LogP contribution >= 0.6 is 23.2 Å². The minimum atomic E-state index is 0.243. The fourth-order valence-corrected chi connectivity index (χ4v) is 2.73. The van der Waals surface area contributed by atoms with Crippen molar-refractivity contribution in [1.29, 1.82) is 0 Å². The molecule has 2 aromatic rings. The molecule has 5 heteroatoms. The van der Waals surface area contributed by atoms with E-state index in [1.165, 1.54) is 0 Å². The molecule has 2 N–H and O–H groups in total. The Morgan fingerprint density at radius 3 is 2.45 bits per heavy atom. The molecule has 0 unspecified atom stereocenters. The van der Waals surface area contributed by atoms with Gasteiger partial charge in [0.2, 0.25) is 0 Å². The maximum atomic E-state index is 6.24. The van der Waals surface area contributed by atoms with Crippen molar-refractivity contribution in [2.45, 2.75) is 26.3 Å². The van der Waals surface area contributed by atoms with Crippen molar-refractivity contribution >= 4 is 29.0 Å².